The van der Waals surface area contributed by atoms with E-state index in [1.165, 1.54) is 5.57 Å². The van der Waals surface area contributed by atoms with E-state index in [9.17, 15) is 30.0 Å². The Bertz CT molecular complexity index is 1390. The van der Waals surface area contributed by atoms with Gasteiger partial charge in [0.2, 0.25) is 0 Å². The monoisotopic (exact) mass is 670 g/mol. The first-order valence-electron chi connectivity index (χ1n) is 18.2. The largest absolute Gasteiger partial charge is 0.454 e. The maximum atomic E-state index is 13.5. The molecule has 0 bridgehead atoms. The second kappa shape index (κ2) is 12.3. The van der Waals surface area contributed by atoms with Crippen LogP contribution in [0.5, 0.6) is 0 Å². The summed E-state index contributed by atoms with van der Waals surface area (Å²) >= 11 is 0. The fourth-order valence-electron chi connectivity index (χ4n) is 11.9. The summed E-state index contributed by atoms with van der Waals surface area (Å²) < 4.78 is 12.5. The van der Waals surface area contributed by atoms with Gasteiger partial charge in [-0.2, -0.15) is 0 Å². The summed E-state index contributed by atoms with van der Waals surface area (Å²) in [7, 11) is 0. The molecule has 12 unspecified atom stereocenters. The van der Waals surface area contributed by atoms with Crippen LogP contribution in [-0.4, -0.2) is 70.0 Å². The van der Waals surface area contributed by atoms with Crippen molar-refractivity contribution in [3.8, 4) is 0 Å². The molecule has 0 aliphatic heterocycles. The van der Waals surface area contributed by atoms with Crippen molar-refractivity contribution in [3.05, 3.63) is 34.9 Å². The summed E-state index contributed by atoms with van der Waals surface area (Å²) in [6.45, 7) is 19.6. The summed E-state index contributed by atoms with van der Waals surface area (Å²) in [5.41, 5.74) is -1.21. The Labute approximate surface area is 288 Å². The summed E-state index contributed by atoms with van der Waals surface area (Å²) in [5.74, 6) is -0.954. The van der Waals surface area contributed by atoms with Crippen LogP contribution in [0.4, 0.5) is 0 Å². The molecule has 0 amide bonds. The number of ether oxygens (including phenoxy) is 2. The molecule has 4 saturated carbocycles. The molecule has 12 atom stereocenters. The minimum Gasteiger partial charge on any atom is -0.454 e. The smallest absolute Gasteiger partial charge is 0.333 e. The average molecular weight is 671 g/mol. The predicted octanol–water partition coefficient (Wildman–Crippen LogP) is 6.06. The van der Waals surface area contributed by atoms with Crippen LogP contribution < -0.4 is 0 Å². The highest BCUT2D eigenvalue weighted by Gasteiger charge is 2.73. The van der Waals surface area contributed by atoms with Gasteiger partial charge in [-0.1, -0.05) is 65.3 Å². The Balaban J connectivity index is 1.65. The normalized spacial score (nSPS) is 47.0. The van der Waals surface area contributed by atoms with E-state index in [0.29, 0.717) is 30.4 Å². The molecule has 0 spiro atoms. The number of aliphatic hydroxyl groups is 4. The first-order valence-corrected chi connectivity index (χ1v) is 18.2. The van der Waals surface area contributed by atoms with Gasteiger partial charge in [0.25, 0.3) is 0 Å². The fourth-order valence-corrected chi connectivity index (χ4v) is 11.9. The first-order chi connectivity index (χ1) is 22.3. The minimum absolute atomic E-state index is 0.0444. The second-order valence-corrected chi connectivity index (χ2v) is 17.8. The van der Waals surface area contributed by atoms with Gasteiger partial charge in [0, 0.05) is 22.0 Å². The number of fused-ring (bicyclic) bond motifs is 7. The molecule has 48 heavy (non-hydrogen) atoms. The summed E-state index contributed by atoms with van der Waals surface area (Å²) in [5, 5.41) is 45.7. The lowest BCUT2D eigenvalue weighted by atomic mass is 9.33. The quantitative estimate of drug-likeness (QED) is 0.152. The van der Waals surface area contributed by atoms with E-state index < -0.39 is 64.6 Å². The molecular weight excluding hydrogens is 608 g/mol. The Morgan fingerprint density at radius 1 is 0.812 bits per heavy atom. The highest BCUT2D eigenvalue weighted by Crippen LogP contribution is 2.76. The van der Waals surface area contributed by atoms with Gasteiger partial charge in [-0.25, -0.2) is 9.59 Å². The molecule has 0 aromatic rings. The zero-order valence-corrected chi connectivity index (χ0v) is 31.1. The number of carbonyl (C=O) groups excluding carboxylic acids is 2. The average Bonchev–Trinajstić information content (AvgIpc) is 3.03. The predicted molar refractivity (Wildman–Crippen MR) is 184 cm³/mol. The maximum Gasteiger partial charge on any atom is 0.333 e. The van der Waals surface area contributed by atoms with Gasteiger partial charge in [0.1, 0.15) is 6.10 Å². The number of carbonyl (C=O) groups is 2. The third kappa shape index (κ3) is 4.97. The molecule has 5 aliphatic carbocycles. The SMILES string of the molecule is CC=C(C)C(=O)OC1C(OC(=O)C(C)=CC)C2(CO)C(O)CC3(C)C(=CCC4C5(C)CCC(O)C(C)(CO)C5CCC43C)C2CC1(C)C. The van der Waals surface area contributed by atoms with Crippen LogP contribution in [0.2, 0.25) is 0 Å². The van der Waals surface area contributed by atoms with Crippen LogP contribution in [0.3, 0.4) is 0 Å². The van der Waals surface area contributed by atoms with E-state index in [1.807, 2.05) is 13.8 Å². The van der Waals surface area contributed by atoms with Gasteiger partial charge in [-0.15, -0.1) is 0 Å². The summed E-state index contributed by atoms with van der Waals surface area (Å²) in [4.78, 5) is 26.8. The Kier molecular flexibility index (Phi) is 9.58. The lowest BCUT2D eigenvalue weighted by Gasteiger charge is -2.72. The van der Waals surface area contributed by atoms with Crippen molar-refractivity contribution in [2.24, 2.45) is 50.2 Å². The van der Waals surface area contributed by atoms with Gasteiger partial charge in [0.15, 0.2) is 6.10 Å². The molecule has 5 rings (SSSR count). The van der Waals surface area contributed by atoms with Gasteiger partial charge < -0.3 is 29.9 Å². The van der Waals surface area contributed by atoms with Crippen molar-refractivity contribution in [2.45, 2.75) is 139 Å². The number of hydrogen-bond acceptors (Lipinski definition) is 8. The summed E-state index contributed by atoms with van der Waals surface area (Å²) in [6.07, 6.45) is 7.19. The molecule has 0 radical (unpaired) electrons. The molecule has 0 aromatic carbocycles. The molecule has 0 saturated heterocycles. The zero-order chi connectivity index (χ0) is 35.8. The second-order valence-electron chi connectivity index (χ2n) is 17.8. The first kappa shape index (κ1) is 37.3. The zero-order valence-electron chi connectivity index (χ0n) is 31.1. The highest BCUT2D eigenvalue weighted by molar-refractivity contribution is 5.88. The van der Waals surface area contributed by atoms with Crippen LogP contribution in [-0.2, 0) is 19.1 Å². The van der Waals surface area contributed by atoms with Crippen molar-refractivity contribution in [3.63, 3.8) is 0 Å². The third-order valence-electron chi connectivity index (χ3n) is 15.4. The molecule has 0 heterocycles. The third-order valence-corrected chi connectivity index (χ3v) is 15.4. The maximum absolute atomic E-state index is 13.5. The number of allylic oxidation sites excluding steroid dienone is 4. The van der Waals surface area contributed by atoms with Crippen molar-refractivity contribution < 1.29 is 39.5 Å². The number of rotatable bonds is 6. The van der Waals surface area contributed by atoms with E-state index in [4.69, 9.17) is 9.47 Å². The Hall–Kier alpha value is -2.00. The Morgan fingerprint density at radius 3 is 1.94 bits per heavy atom. The van der Waals surface area contributed by atoms with Crippen molar-refractivity contribution in [2.75, 3.05) is 13.2 Å². The number of esters is 2. The van der Waals surface area contributed by atoms with Gasteiger partial charge in [0.05, 0.1) is 30.8 Å². The van der Waals surface area contributed by atoms with E-state index in [-0.39, 0.29) is 35.2 Å². The van der Waals surface area contributed by atoms with Gasteiger partial charge in [-0.05, 0) is 107 Å². The molecule has 0 aromatic heterocycles. The van der Waals surface area contributed by atoms with Crippen molar-refractivity contribution in [1.29, 1.82) is 0 Å². The van der Waals surface area contributed by atoms with Crippen LogP contribution in [0.15, 0.2) is 34.9 Å². The molecule has 8 heteroatoms. The van der Waals surface area contributed by atoms with Gasteiger partial charge in [-0.3, -0.25) is 0 Å². The molecule has 4 fully saturated rings. The molecule has 5 aliphatic rings. The van der Waals surface area contributed by atoms with E-state index >= 15 is 0 Å². The van der Waals surface area contributed by atoms with E-state index in [1.54, 1.807) is 39.8 Å². The molecule has 4 N–H and O–H groups in total. The molecule has 8 nitrogen and oxygen atoms in total. The van der Waals surface area contributed by atoms with Crippen molar-refractivity contribution >= 4 is 11.9 Å². The van der Waals surface area contributed by atoms with Crippen LogP contribution >= 0.6 is 0 Å². The lowest BCUT2D eigenvalue weighted by molar-refractivity contribution is -0.266. The lowest BCUT2D eigenvalue weighted by Crippen LogP contribution is -2.72. The molecule has 270 valence electrons. The van der Waals surface area contributed by atoms with E-state index in [0.717, 1.165) is 25.7 Å². The van der Waals surface area contributed by atoms with Crippen molar-refractivity contribution in [1.82, 2.24) is 0 Å². The Morgan fingerprint density at radius 2 is 1.40 bits per heavy atom. The standard InChI is InChI=1S/C40H62O8/c1-11-23(3)33(45)47-31-32(48-34(46)24(4)12-2)40(22-42)26(19-35(31,5)6)25-13-14-28-36(7)17-16-29(43)37(8,21-41)27(36)15-18-38(28,9)39(25,10)20-30(40)44/h11-13,26-32,41-44H,14-22H2,1-10H3. The summed E-state index contributed by atoms with van der Waals surface area (Å²) in [6, 6.07) is 0. The fraction of sp³-hybridized carbons (Fsp3) is 0.800. The number of hydrogen-bond donors (Lipinski definition) is 4. The van der Waals surface area contributed by atoms with Crippen LogP contribution in [0, 0.1) is 50.2 Å². The topological polar surface area (TPSA) is 134 Å². The minimum atomic E-state index is -1.28. The highest BCUT2D eigenvalue weighted by atomic mass is 16.6. The van der Waals surface area contributed by atoms with Gasteiger partial charge >= 0.3 is 11.9 Å². The van der Waals surface area contributed by atoms with E-state index in [2.05, 4.69) is 33.8 Å². The molecular formula is C40H62O8. The van der Waals surface area contributed by atoms with Crippen LogP contribution in [0.25, 0.3) is 0 Å². The number of aliphatic hydroxyl groups excluding tert-OH is 4. The van der Waals surface area contributed by atoms with Crippen LogP contribution in [0.1, 0.15) is 114 Å².